The van der Waals surface area contributed by atoms with Crippen molar-refractivity contribution in [2.24, 2.45) is 11.7 Å². The largest absolute Gasteiger partial charge is 0.497 e. The number of hydrogen-bond acceptors (Lipinski definition) is 6. The van der Waals surface area contributed by atoms with E-state index in [1.54, 1.807) is 0 Å². The molecule has 9 nitrogen and oxygen atoms in total. The summed E-state index contributed by atoms with van der Waals surface area (Å²) >= 11 is 0. The van der Waals surface area contributed by atoms with Crippen LogP contribution in [0.3, 0.4) is 0 Å². The number of nitrogens with zero attached hydrogens (tertiary/aromatic N) is 1. The van der Waals surface area contributed by atoms with Gasteiger partial charge in [0.25, 0.3) is 6.04 Å². The number of carboxylic acid groups (broad SMARTS) is 2. The summed E-state index contributed by atoms with van der Waals surface area (Å²) in [5.41, 5.74) is 0.145. The normalized spacial score (nSPS) is 23.1. The van der Waals surface area contributed by atoms with Gasteiger partial charge in [0.15, 0.2) is 0 Å². The molecule has 15 heteroatoms. The molecule has 38 heavy (non-hydrogen) atoms. The second-order valence-electron chi connectivity index (χ2n) is 8.45. The van der Waals surface area contributed by atoms with Gasteiger partial charge in [-0.25, -0.2) is 9.59 Å². The molecule has 0 aliphatic carbocycles. The van der Waals surface area contributed by atoms with Crippen LogP contribution >= 0.6 is 0 Å². The van der Waals surface area contributed by atoms with Crippen molar-refractivity contribution in [2.45, 2.75) is 30.5 Å². The van der Waals surface area contributed by atoms with Crippen molar-refractivity contribution in [2.75, 3.05) is 19.0 Å². The molecule has 1 amide bonds. The van der Waals surface area contributed by atoms with Gasteiger partial charge in [-0.2, -0.15) is 30.8 Å². The SMILES string of the molecule is COc1ccc([N+]2(C(C(=O)O)C(F)(F)F)C(=O)c3ccccc3NC2(CCN)C(C(=O)O)C(F)(F)F)cc1. The maximum atomic E-state index is 14.7. The Morgan fingerprint density at radius 1 is 1.00 bits per heavy atom. The lowest BCUT2D eigenvalue weighted by atomic mass is 9.78. The van der Waals surface area contributed by atoms with Crippen molar-refractivity contribution in [3.63, 3.8) is 0 Å². The number of nitrogens with one attached hydrogen (secondary N) is 1. The molecule has 1 aliphatic heterocycles. The van der Waals surface area contributed by atoms with Crippen molar-refractivity contribution in [1.82, 2.24) is 4.48 Å². The number of ether oxygens (including phenoxy) is 1. The minimum absolute atomic E-state index is 0.0126. The number of benzene rings is 2. The molecule has 3 rings (SSSR count). The summed E-state index contributed by atoms with van der Waals surface area (Å²) in [6.45, 7) is -0.858. The molecule has 4 atom stereocenters. The molecule has 0 fully saturated rings. The van der Waals surface area contributed by atoms with Crippen molar-refractivity contribution < 1.29 is 55.7 Å². The first kappa shape index (κ1) is 28.7. The number of amides is 1. The van der Waals surface area contributed by atoms with Crippen LogP contribution in [0.5, 0.6) is 5.75 Å². The van der Waals surface area contributed by atoms with Gasteiger partial charge < -0.3 is 26.0 Å². The molecule has 1 heterocycles. The van der Waals surface area contributed by atoms with E-state index in [0.717, 1.165) is 36.4 Å². The average Bonchev–Trinajstić information content (AvgIpc) is 2.79. The molecule has 0 saturated heterocycles. The first-order chi connectivity index (χ1) is 17.6. The van der Waals surface area contributed by atoms with Crippen LogP contribution in [-0.4, -0.2) is 65.8 Å². The fraction of sp³-hybridized carbons (Fsp3) is 0.348. The number of alkyl halides is 6. The predicted octanol–water partition coefficient (Wildman–Crippen LogP) is 3.59. The third-order valence-corrected chi connectivity index (χ3v) is 6.45. The van der Waals surface area contributed by atoms with E-state index in [4.69, 9.17) is 10.5 Å². The molecule has 2 aromatic rings. The number of carbonyl (C=O) groups is 3. The molecule has 5 N–H and O–H groups in total. The van der Waals surface area contributed by atoms with E-state index in [-0.39, 0.29) is 5.75 Å². The summed E-state index contributed by atoms with van der Waals surface area (Å²) in [5, 5.41) is 21.9. The Labute approximate surface area is 211 Å². The minimum atomic E-state index is -5.86. The topological polar surface area (TPSA) is 139 Å². The number of methoxy groups -OCH3 is 1. The molecule has 1 aliphatic rings. The molecule has 0 aromatic heterocycles. The summed E-state index contributed by atoms with van der Waals surface area (Å²) in [7, 11) is 1.18. The number of para-hydroxylation sites is 1. The highest BCUT2D eigenvalue weighted by molar-refractivity contribution is 6.12. The Morgan fingerprint density at radius 2 is 1.58 bits per heavy atom. The Hall–Kier alpha value is -3.85. The average molecular weight is 550 g/mol. The predicted molar refractivity (Wildman–Crippen MR) is 120 cm³/mol. The quantitative estimate of drug-likeness (QED) is 0.289. The van der Waals surface area contributed by atoms with Gasteiger partial charge in [-0.05, 0) is 24.3 Å². The Balaban J connectivity index is 2.70. The Bertz CT molecular complexity index is 1240. The molecule has 0 spiro atoms. The smallest absolute Gasteiger partial charge is 0.454 e. The minimum Gasteiger partial charge on any atom is -0.497 e. The van der Waals surface area contributed by atoms with E-state index in [2.05, 4.69) is 5.32 Å². The molecule has 206 valence electrons. The van der Waals surface area contributed by atoms with E-state index >= 15 is 0 Å². The zero-order chi connectivity index (χ0) is 28.7. The lowest BCUT2D eigenvalue weighted by Crippen LogP contribution is -2.85. The molecule has 0 bridgehead atoms. The second kappa shape index (κ2) is 9.79. The lowest BCUT2D eigenvalue weighted by Gasteiger charge is -2.57. The summed E-state index contributed by atoms with van der Waals surface area (Å²) in [6, 6.07) is 4.22. The number of carboxylic acids is 2. The monoisotopic (exact) mass is 550 g/mol. The van der Waals surface area contributed by atoms with Crippen molar-refractivity contribution in [1.29, 1.82) is 0 Å². The van der Waals surface area contributed by atoms with Crippen LogP contribution in [0.1, 0.15) is 16.8 Å². The van der Waals surface area contributed by atoms with Gasteiger partial charge in [-0.3, -0.25) is 4.79 Å². The highest BCUT2D eigenvalue weighted by Gasteiger charge is 2.79. The fourth-order valence-corrected chi connectivity index (χ4v) is 5.15. The zero-order valence-corrected chi connectivity index (χ0v) is 19.5. The van der Waals surface area contributed by atoms with Gasteiger partial charge in [0.1, 0.15) is 17.0 Å². The van der Waals surface area contributed by atoms with Crippen LogP contribution in [0.15, 0.2) is 48.5 Å². The van der Waals surface area contributed by atoms with E-state index < -0.39 is 82.2 Å². The number of aliphatic carboxylic acids is 2. The second-order valence-corrected chi connectivity index (χ2v) is 8.45. The maximum Gasteiger partial charge on any atom is 0.454 e. The highest BCUT2D eigenvalue weighted by atomic mass is 19.4. The molecular weight excluding hydrogens is 528 g/mol. The summed E-state index contributed by atoms with van der Waals surface area (Å²) < 4.78 is 89.9. The number of carbonyl (C=O) groups excluding carboxylic acids is 1. The number of hydrogen-bond donors (Lipinski definition) is 4. The summed E-state index contributed by atoms with van der Waals surface area (Å²) in [6.07, 6.45) is -12.8. The van der Waals surface area contributed by atoms with Crippen molar-refractivity contribution in [3.05, 3.63) is 54.1 Å². The first-order valence-electron chi connectivity index (χ1n) is 10.8. The highest BCUT2D eigenvalue weighted by Crippen LogP contribution is 2.54. The van der Waals surface area contributed by atoms with E-state index in [1.807, 2.05) is 0 Å². The van der Waals surface area contributed by atoms with Gasteiger partial charge in [-0.15, -0.1) is 0 Å². The fourth-order valence-electron chi connectivity index (χ4n) is 5.15. The van der Waals surface area contributed by atoms with Crippen LogP contribution in [0.25, 0.3) is 0 Å². The molecule has 0 radical (unpaired) electrons. The van der Waals surface area contributed by atoms with E-state index in [0.29, 0.717) is 0 Å². The zero-order valence-electron chi connectivity index (χ0n) is 19.5. The van der Waals surface area contributed by atoms with Crippen molar-refractivity contribution in [3.8, 4) is 5.75 Å². The number of nitrogens with two attached hydrogens (primary N) is 1. The number of anilines is 1. The third-order valence-electron chi connectivity index (χ3n) is 6.45. The van der Waals surface area contributed by atoms with Gasteiger partial charge in [-0.1, -0.05) is 12.1 Å². The Kier molecular flexibility index (Phi) is 7.40. The molecule has 4 unspecified atom stereocenters. The number of fused-ring (bicyclic) bond motifs is 1. The number of halogens is 6. The first-order valence-corrected chi connectivity index (χ1v) is 10.8. The number of quaternary nitrogens is 1. The summed E-state index contributed by atoms with van der Waals surface area (Å²) in [4.78, 5) is 38.7. The van der Waals surface area contributed by atoms with Gasteiger partial charge in [0.05, 0.1) is 12.8 Å². The Morgan fingerprint density at radius 3 is 2.03 bits per heavy atom. The number of rotatable bonds is 8. The summed E-state index contributed by atoms with van der Waals surface area (Å²) in [5.74, 6) is -10.8. The van der Waals surface area contributed by atoms with Gasteiger partial charge in [0.2, 0.25) is 11.6 Å². The van der Waals surface area contributed by atoms with Gasteiger partial charge in [0, 0.05) is 25.1 Å². The van der Waals surface area contributed by atoms with E-state index in [9.17, 15) is 50.9 Å². The third kappa shape index (κ3) is 4.30. The molecule has 2 aromatic carbocycles. The van der Waals surface area contributed by atoms with Crippen molar-refractivity contribution >= 4 is 29.2 Å². The van der Waals surface area contributed by atoms with Crippen LogP contribution in [0.4, 0.5) is 37.7 Å². The standard InChI is InChI=1S/C23H21F6N3O6/c1-38-13-8-6-12(7-9-13)32(17(20(36)37)23(27,28)29)18(33)14-4-2-3-5-15(14)31-21(32,10-11-30)16(19(34)35)22(24,25)26/h2-9,16-17H,10-11,30H2,1H3,(H2-,31,33,34,35,36,37)/p+1. The maximum absolute atomic E-state index is 14.7. The van der Waals surface area contributed by atoms with Crippen LogP contribution < -0.4 is 20.3 Å². The lowest BCUT2D eigenvalue weighted by molar-refractivity contribution is -0.235. The molecular formula is C23H22F6N3O6+. The van der Waals surface area contributed by atoms with Gasteiger partial charge >= 0.3 is 30.2 Å². The molecule has 0 saturated carbocycles. The van der Waals surface area contributed by atoms with Crippen LogP contribution in [-0.2, 0) is 9.59 Å². The van der Waals surface area contributed by atoms with Crippen LogP contribution in [0.2, 0.25) is 0 Å². The van der Waals surface area contributed by atoms with E-state index in [1.165, 1.54) is 19.2 Å². The van der Waals surface area contributed by atoms with Crippen LogP contribution in [0, 0.1) is 5.92 Å².